The van der Waals surface area contributed by atoms with Crippen molar-refractivity contribution < 1.29 is 4.79 Å². The third kappa shape index (κ3) is 4.29. The summed E-state index contributed by atoms with van der Waals surface area (Å²) in [7, 11) is 0. The van der Waals surface area contributed by atoms with Gasteiger partial charge in [0.1, 0.15) is 5.65 Å². The Kier molecular flexibility index (Phi) is 5.97. The first-order valence-corrected chi connectivity index (χ1v) is 11.9. The number of carbonyl (C=O) groups is 1. The Morgan fingerprint density at radius 2 is 1.78 bits per heavy atom. The van der Waals surface area contributed by atoms with Gasteiger partial charge in [-0.25, -0.2) is 9.78 Å². The number of fused-ring (bicyclic) bond motifs is 3. The normalized spacial score (nSPS) is 18.2. The maximum atomic E-state index is 12.6. The van der Waals surface area contributed by atoms with Crippen molar-refractivity contribution >= 4 is 33.5 Å². The molecule has 0 bridgehead atoms. The lowest BCUT2D eigenvalue weighted by molar-refractivity contribution is 0.180. The summed E-state index contributed by atoms with van der Waals surface area (Å²) < 4.78 is 0. The smallest absolute Gasteiger partial charge is 0.317 e. The molecule has 2 amide bonds. The molecule has 5 rings (SSSR count). The molecule has 7 nitrogen and oxygen atoms in total. The quantitative estimate of drug-likeness (QED) is 0.537. The molecular formula is C25H31N5O2. The van der Waals surface area contributed by atoms with E-state index >= 15 is 0 Å². The average Bonchev–Trinajstić information content (AvgIpc) is 2.84. The second kappa shape index (κ2) is 9.18. The Morgan fingerprint density at radius 1 is 1.03 bits per heavy atom. The minimum absolute atomic E-state index is 0.0759. The average molecular weight is 434 g/mol. The SMILES string of the molecule is O=C(NCC1CCCCC1)N1CCC(Nc2ccnc3[nH]c(=O)c4ccccc4c23)CC1. The van der Waals surface area contributed by atoms with Crippen LogP contribution >= 0.6 is 0 Å². The van der Waals surface area contributed by atoms with E-state index in [1.807, 2.05) is 35.2 Å². The van der Waals surface area contributed by atoms with Crippen LogP contribution in [0.4, 0.5) is 10.5 Å². The number of pyridine rings is 2. The lowest BCUT2D eigenvalue weighted by Gasteiger charge is -2.33. The number of aromatic amines is 1. The van der Waals surface area contributed by atoms with E-state index in [4.69, 9.17) is 0 Å². The molecule has 1 aliphatic heterocycles. The van der Waals surface area contributed by atoms with Gasteiger partial charge in [0.15, 0.2) is 0 Å². The molecule has 0 atom stereocenters. The number of likely N-dealkylation sites (tertiary alicyclic amines) is 1. The van der Waals surface area contributed by atoms with Crippen LogP contribution in [0.1, 0.15) is 44.9 Å². The van der Waals surface area contributed by atoms with Crippen molar-refractivity contribution in [3.05, 3.63) is 46.9 Å². The Balaban J connectivity index is 1.24. The summed E-state index contributed by atoms with van der Waals surface area (Å²) in [6.07, 6.45) is 9.92. The summed E-state index contributed by atoms with van der Waals surface area (Å²) in [6, 6.07) is 9.95. The Hall–Kier alpha value is -3.09. The summed E-state index contributed by atoms with van der Waals surface area (Å²) in [5.74, 6) is 0.646. The highest BCUT2D eigenvalue weighted by molar-refractivity contribution is 6.10. The van der Waals surface area contributed by atoms with E-state index in [0.29, 0.717) is 17.0 Å². The molecule has 2 aromatic heterocycles. The molecule has 1 saturated heterocycles. The number of urea groups is 1. The third-order valence-electron chi connectivity index (χ3n) is 7.03. The molecule has 32 heavy (non-hydrogen) atoms. The summed E-state index contributed by atoms with van der Waals surface area (Å²) >= 11 is 0. The van der Waals surface area contributed by atoms with Crippen molar-refractivity contribution in [1.82, 2.24) is 20.2 Å². The van der Waals surface area contributed by atoms with Gasteiger partial charge in [0.25, 0.3) is 5.56 Å². The summed E-state index contributed by atoms with van der Waals surface area (Å²) in [5, 5.41) is 9.33. The van der Waals surface area contributed by atoms with Crippen molar-refractivity contribution in [2.45, 2.75) is 51.0 Å². The first kappa shape index (κ1) is 20.8. The predicted molar refractivity (Wildman–Crippen MR) is 128 cm³/mol. The van der Waals surface area contributed by atoms with Gasteiger partial charge in [0, 0.05) is 53.7 Å². The van der Waals surface area contributed by atoms with Gasteiger partial charge in [-0.05, 0) is 43.7 Å². The Labute approximate surface area is 187 Å². The van der Waals surface area contributed by atoms with Crippen molar-refractivity contribution in [3.63, 3.8) is 0 Å². The van der Waals surface area contributed by atoms with Crippen molar-refractivity contribution in [2.24, 2.45) is 5.92 Å². The number of H-pyrrole nitrogens is 1. The molecular weight excluding hydrogens is 402 g/mol. The third-order valence-corrected chi connectivity index (χ3v) is 7.03. The highest BCUT2D eigenvalue weighted by Crippen LogP contribution is 2.29. The number of rotatable bonds is 4. The fraction of sp³-hybridized carbons (Fsp3) is 0.480. The number of amides is 2. The van der Waals surface area contributed by atoms with Crippen LogP contribution in [0, 0.1) is 5.92 Å². The number of benzene rings is 1. The lowest BCUT2D eigenvalue weighted by atomic mass is 9.89. The van der Waals surface area contributed by atoms with Crippen LogP contribution in [0.5, 0.6) is 0 Å². The zero-order valence-corrected chi connectivity index (χ0v) is 18.4. The number of hydrogen-bond donors (Lipinski definition) is 3. The number of anilines is 1. The van der Waals surface area contributed by atoms with Gasteiger partial charge in [0.05, 0.1) is 0 Å². The fourth-order valence-electron chi connectivity index (χ4n) is 5.21. The number of carbonyl (C=O) groups excluding carboxylic acids is 1. The maximum Gasteiger partial charge on any atom is 0.317 e. The van der Waals surface area contributed by atoms with E-state index in [2.05, 4.69) is 20.6 Å². The van der Waals surface area contributed by atoms with Crippen molar-refractivity contribution in [2.75, 3.05) is 25.0 Å². The molecule has 0 radical (unpaired) electrons. The van der Waals surface area contributed by atoms with E-state index in [0.717, 1.165) is 48.9 Å². The molecule has 3 N–H and O–H groups in total. The molecule has 3 aromatic rings. The van der Waals surface area contributed by atoms with Gasteiger partial charge in [-0.1, -0.05) is 37.5 Å². The van der Waals surface area contributed by atoms with E-state index < -0.39 is 0 Å². The standard InChI is InChI=1S/C25H31N5O2/c31-24-20-9-5-4-8-19(20)22-21(10-13-26-23(22)29-24)28-18-11-14-30(15-12-18)25(32)27-16-17-6-2-1-3-7-17/h4-5,8-10,13,17-18H,1-3,6-7,11-12,14-16H2,(H,27,32)(H2,26,28,29,31). The lowest BCUT2D eigenvalue weighted by Crippen LogP contribution is -2.47. The molecule has 2 fully saturated rings. The van der Waals surface area contributed by atoms with Gasteiger partial charge in [-0.3, -0.25) is 4.79 Å². The molecule has 1 saturated carbocycles. The summed E-state index contributed by atoms with van der Waals surface area (Å²) in [4.78, 5) is 34.2. The van der Waals surface area contributed by atoms with E-state index in [1.54, 1.807) is 6.20 Å². The van der Waals surface area contributed by atoms with Gasteiger partial charge < -0.3 is 20.5 Å². The minimum atomic E-state index is -0.120. The van der Waals surface area contributed by atoms with Crippen molar-refractivity contribution in [3.8, 4) is 0 Å². The molecule has 1 aliphatic carbocycles. The predicted octanol–water partition coefficient (Wildman–Crippen LogP) is 4.24. The molecule has 3 heterocycles. The first-order valence-electron chi connectivity index (χ1n) is 11.9. The second-order valence-electron chi connectivity index (χ2n) is 9.18. The zero-order valence-electron chi connectivity index (χ0n) is 18.4. The molecule has 0 spiro atoms. The number of aromatic nitrogens is 2. The number of nitrogens with zero attached hydrogens (tertiary/aromatic N) is 2. The van der Waals surface area contributed by atoms with Crippen LogP contribution in [-0.4, -0.2) is 46.6 Å². The Bertz CT molecular complexity index is 1160. The van der Waals surface area contributed by atoms with Gasteiger partial charge in [0.2, 0.25) is 0 Å². The van der Waals surface area contributed by atoms with Gasteiger partial charge in [-0.2, -0.15) is 0 Å². The monoisotopic (exact) mass is 433 g/mol. The maximum absolute atomic E-state index is 12.6. The highest BCUT2D eigenvalue weighted by atomic mass is 16.2. The van der Waals surface area contributed by atoms with E-state index in [-0.39, 0.29) is 17.6 Å². The molecule has 0 unspecified atom stereocenters. The summed E-state index contributed by atoms with van der Waals surface area (Å²) in [5.41, 5.74) is 1.45. The fourth-order valence-corrected chi connectivity index (χ4v) is 5.21. The van der Waals surface area contributed by atoms with Crippen molar-refractivity contribution in [1.29, 1.82) is 0 Å². The van der Waals surface area contributed by atoms with Crippen LogP contribution in [0.25, 0.3) is 21.8 Å². The largest absolute Gasteiger partial charge is 0.382 e. The van der Waals surface area contributed by atoms with Crippen LogP contribution in [-0.2, 0) is 0 Å². The van der Waals surface area contributed by atoms with Gasteiger partial charge in [-0.15, -0.1) is 0 Å². The molecule has 1 aromatic carbocycles. The second-order valence-corrected chi connectivity index (χ2v) is 9.18. The van der Waals surface area contributed by atoms with Gasteiger partial charge >= 0.3 is 6.03 Å². The topological polar surface area (TPSA) is 90.1 Å². The molecule has 2 aliphatic rings. The van der Waals surface area contributed by atoms with Crippen LogP contribution in [0.2, 0.25) is 0 Å². The van der Waals surface area contributed by atoms with Crippen LogP contribution in [0.15, 0.2) is 41.3 Å². The highest BCUT2D eigenvalue weighted by Gasteiger charge is 2.24. The number of hydrogen-bond acceptors (Lipinski definition) is 4. The molecule has 7 heteroatoms. The number of nitrogens with one attached hydrogen (secondary N) is 3. The Morgan fingerprint density at radius 3 is 2.56 bits per heavy atom. The zero-order chi connectivity index (χ0) is 21.9. The van der Waals surface area contributed by atoms with E-state index in [9.17, 15) is 9.59 Å². The number of piperidine rings is 1. The molecule has 168 valence electrons. The first-order chi connectivity index (χ1) is 15.7. The van der Waals surface area contributed by atoms with Crippen LogP contribution in [0.3, 0.4) is 0 Å². The minimum Gasteiger partial charge on any atom is -0.382 e. The van der Waals surface area contributed by atoms with E-state index in [1.165, 1.54) is 32.1 Å². The summed E-state index contributed by atoms with van der Waals surface area (Å²) in [6.45, 7) is 2.30. The van der Waals surface area contributed by atoms with Crippen LogP contribution < -0.4 is 16.2 Å².